The fourth-order valence-corrected chi connectivity index (χ4v) is 4.82. The van der Waals surface area contributed by atoms with Gasteiger partial charge in [0.1, 0.15) is 0 Å². The van der Waals surface area contributed by atoms with Crippen molar-refractivity contribution >= 4 is 5.91 Å². The minimum atomic E-state index is -0.0312. The number of hydrogen-bond acceptors (Lipinski definition) is 4. The molecular formula is C23H25N5O. The molecule has 5 rings (SSSR count). The Labute approximate surface area is 170 Å². The molecule has 1 aromatic heterocycles. The Morgan fingerprint density at radius 1 is 1.00 bits per heavy atom. The smallest absolute Gasteiger partial charge is 0.276 e. The van der Waals surface area contributed by atoms with Crippen LogP contribution in [0.1, 0.15) is 29.0 Å². The van der Waals surface area contributed by atoms with E-state index in [1.54, 1.807) is 4.68 Å². The number of benzene rings is 2. The van der Waals surface area contributed by atoms with Gasteiger partial charge < -0.3 is 10.6 Å². The molecule has 148 valence electrons. The first-order valence-electron chi connectivity index (χ1n) is 10.2. The van der Waals surface area contributed by atoms with Gasteiger partial charge in [-0.1, -0.05) is 47.7 Å². The lowest BCUT2D eigenvalue weighted by atomic mass is 9.98. The van der Waals surface area contributed by atoms with E-state index in [9.17, 15) is 4.79 Å². The molecule has 2 aromatic carbocycles. The van der Waals surface area contributed by atoms with Gasteiger partial charge in [-0.25, -0.2) is 4.68 Å². The van der Waals surface area contributed by atoms with Crippen LogP contribution in [0.4, 0.5) is 0 Å². The molecule has 0 bridgehead atoms. The summed E-state index contributed by atoms with van der Waals surface area (Å²) in [5.74, 6) is 0.936. The average molecular weight is 387 g/mol. The highest BCUT2D eigenvalue weighted by molar-refractivity contribution is 5.93. The number of rotatable bonds is 3. The van der Waals surface area contributed by atoms with E-state index in [1.807, 2.05) is 42.2 Å². The monoisotopic (exact) mass is 387 g/mol. The summed E-state index contributed by atoms with van der Waals surface area (Å²) in [4.78, 5) is 15.0. The van der Waals surface area contributed by atoms with Gasteiger partial charge in [0, 0.05) is 19.1 Å². The molecule has 2 aliphatic rings. The van der Waals surface area contributed by atoms with Gasteiger partial charge in [-0.15, -0.1) is 5.10 Å². The highest BCUT2D eigenvalue weighted by Gasteiger charge is 2.43. The maximum Gasteiger partial charge on any atom is 0.276 e. The van der Waals surface area contributed by atoms with Gasteiger partial charge in [-0.05, 0) is 54.9 Å². The maximum absolute atomic E-state index is 13.1. The van der Waals surface area contributed by atoms with Crippen LogP contribution >= 0.6 is 0 Å². The number of fused-ring (bicyclic) bond motifs is 1. The molecule has 3 unspecified atom stereocenters. The van der Waals surface area contributed by atoms with Crippen molar-refractivity contribution in [2.24, 2.45) is 17.6 Å². The van der Waals surface area contributed by atoms with Crippen LogP contribution in [0.25, 0.3) is 16.8 Å². The van der Waals surface area contributed by atoms with Gasteiger partial charge in [0.15, 0.2) is 5.69 Å². The Balaban J connectivity index is 1.36. The summed E-state index contributed by atoms with van der Waals surface area (Å²) >= 11 is 0. The molecule has 2 N–H and O–H groups in total. The first-order valence-corrected chi connectivity index (χ1v) is 10.2. The third-order valence-electron chi connectivity index (χ3n) is 6.52. The standard InChI is InChI=1S/C23H25N5O/c1-15-22(23(29)27-13-18-9-12-21(24)20(18)14-27)25-26-28(15)19-10-7-17(8-11-19)16-5-3-2-4-6-16/h2-8,10-11,18,20-21H,9,12-14,24H2,1H3. The van der Waals surface area contributed by atoms with Crippen LogP contribution in [0.15, 0.2) is 54.6 Å². The fraction of sp³-hybridized carbons (Fsp3) is 0.348. The third-order valence-corrected chi connectivity index (χ3v) is 6.52. The number of carbonyl (C=O) groups is 1. The molecule has 1 aliphatic heterocycles. The lowest BCUT2D eigenvalue weighted by molar-refractivity contribution is 0.0773. The molecule has 3 aromatic rings. The molecule has 1 saturated carbocycles. The number of aromatic nitrogens is 3. The predicted octanol–water partition coefficient (Wildman–Crippen LogP) is 3.05. The molecule has 3 atom stereocenters. The molecule has 6 heteroatoms. The second-order valence-corrected chi connectivity index (χ2v) is 8.22. The topological polar surface area (TPSA) is 77.0 Å². The molecule has 29 heavy (non-hydrogen) atoms. The number of nitrogens with zero attached hydrogens (tertiary/aromatic N) is 4. The highest BCUT2D eigenvalue weighted by atomic mass is 16.2. The molecule has 1 amide bonds. The summed E-state index contributed by atoms with van der Waals surface area (Å²) in [6.07, 6.45) is 2.20. The van der Waals surface area contributed by atoms with Crippen LogP contribution in [0.3, 0.4) is 0 Å². The van der Waals surface area contributed by atoms with E-state index in [4.69, 9.17) is 5.73 Å². The zero-order valence-corrected chi connectivity index (χ0v) is 16.5. The largest absolute Gasteiger partial charge is 0.337 e. The number of hydrogen-bond donors (Lipinski definition) is 1. The Bertz CT molecular complexity index is 1030. The third kappa shape index (κ3) is 3.13. The quantitative estimate of drug-likeness (QED) is 0.749. The Kier molecular flexibility index (Phi) is 4.43. The molecule has 2 heterocycles. The van der Waals surface area contributed by atoms with Crippen LogP contribution in [0.5, 0.6) is 0 Å². The van der Waals surface area contributed by atoms with E-state index in [0.29, 0.717) is 17.5 Å². The minimum Gasteiger partial charge on any atom is -0.337 e. The fourth-order valence-electron chi connectivity index (χ4n) is 4.82. The van der Waals surface area contributed by atoms with Crippen molar-refractivity contribution in [3.63, 3.8) is 0 Å². The second kappa shape index (κ2) is 7.12. The van der Waals surface area contributed by atoms with Crippen LogP contribution < -0.4 is 5.73 Å². The lowest BCUT2D eigenvalue weighted by Gasteiger charge is -2.17. The Morgan fingerprint density at radius 2 is 1.72 bits per heavy atom. The number of carbonyl (C=O) groups excluding carboxylic acids is 1. The van der Waals surface area contributed by atoms with Crippen molar-refractivity contribution in [1.29, 1.82) is 0 Å². The van der Waals surface area contributed by atoms with E-state index in [-0.39, 0.29) is 11.9 Å². The summed E-state index contributed by atoms with van der Waals surface area (Å²) < 4.78 is 1.74. The van der Waals surface area contributed by atoms with Gasteiger partial charge in [-0.3, -0.25) is 4.79 Å². The zero-order chi connectivity index (χ0) is 20.0. The van der Waals surface area contributed by atoms with E-state index in [0.717, 1.165) is 42.9 Å². The maximum atomic E-state index is 13.1. The number of amides is 1. The molecule has 0 radical (unpaired) electrons. The van der Waals surface area contributed by atoms with Gasteiger partial charge in [0.05, 0.1) is 11.4 Å². The van der Waals surface area contributed by atoms with Crippen molar-refractivity contribution in [2.75, 3.05) is 13.1 Å². The summed E-state index contributed by atoms with van der Waals surface area (Å²) in [7, 11) is 0. The van der Waals surface area contributed by atoms with Crippen molar-refractivity contribution < 1.29 is 4.79 Å². The summed E-state index contributed by atoms with van der Waals surface area (Å²) in [6, 6.07) is 18.6. The SMILES string of the molecule is Cc1c(C(=O)N2CC3CCC(N)C3C2)nnn1-c1ccc(-c2ccccc2)cc1. The van der Waals surface area contributed by atoms with Crippen molar-refractivity contribution in [1.82, 2.24) is 19.9 Å². The number of likely N-dealkylation sites (tertiary alicyclic amines) is 1. The van der Waals surface area contributed by atoms with Crippen LogP contribution in [-0.2, 0) is 0 Å². The highest BCUT2D eigenvalue weighted by Crippen LogP contribution is 2.37. The molecule has 6 nitrogen and oxygen atoms in total. The Morgan fingerprint density at radius 3 is 2.45 bits per heavy atom. The van der Waals surface area contributed by atoms with Crippen molar-refractivity contribution in [3.05, 3.63) is 66.0 Å². The van der Waals surface area contributed by atoms with E-state index >= 15 is 0 Å². The minimum absolute atomic E-state index is 0.0312. The van der Waals surface area contributed by atoms with E-state index in [2.05, 4.69) is 34.6 Å². The molecule has 1 aliphatic carbocycles. The summed E-state index contributed by atoms with van der Waals surface area (Å²) in [5.41, 5.74) is 10.6. The van der Waals surface area contributed by atoms with E-state index < -0.39 is 0 Å². The van der Waals surface area contributed by atoms with Gasteiger partial charge in [0.25, 0.3) is 5.91 Å². The second-order valence-electron chi connectivity index (χ2n) is 8.22. The van der Waals surface area contributed by atoms with Gasteiger partial charge in [0.2, 0.25) is 0 Å². The number of nitrogens with two attached hydrogens (primary N) is 1. The average Bonchev–Trinajstić information content (AvgIpc) is 3.44. The summed E-state index contributed by atoms with van der Waals surface area (Å²) in [5, 5.41) is 8.48. The van der Waals surface area contributed by atoms with E-state index in [1.165, 1.54) is 5.56 Å². The molecular weight excluding hydrogens is 362 g/mol. The first kappa shape index (κ1) is 18.1. The van der Waals surface area contributed by atoms with Crippen molar-refractivity contribution in [2.45, 2.75) is 25.8 Å². The Hall–Kier alpha value is -2.99. The predicted molar refractivity (Wildman–Crippen MR) is 112 cm³/mol. The summed E-state index contributed by atoms with van der Waals surface area (Å²) in [6.45, 7) is 3.43. The lowest BCUT2D eigenvalue weighted by Crippen LogP contribution is -2.34. The first-order chi connectivity index (χ1) is 14.1. The zero-order valence-electron chi connectivity index (χ0n) is 16.5. The normalized spacial score (nSPS) is 23.4. The van der Waals surface area contributed by atoms with Crippen LogP contribution in [-0.4, -0.2) is 44.9 Å². The molecule has 1 saturated heterocycles. The van der Waals surface area contributed by atoms with Crippen molar-refractivity contribution in [3.8, 4) is 16.8 Å². The van der Waals surface area contributed by atoms with Gasteiger partial charge in [-0.2, -0.15) is 0 Å². The molecule has 0 spiro atoms. The van der Waals surface area contributed by atoms with Crippen LogP contribution in [0.2, 0.25) is 0 Å². The van der Waals surface area contributed by atoms with Crippen LogP contribution in [0, 0.1) is 18.8 Å². The molecule has 2 fully saturated rings. The van der Waals surface area contributed by atoms with Gasteiger partial charge >= 0.3 is 0 Å².